The molecule has 0 fully saturated rings. The number of methoxy groups -OCH3 is 6. The number of nitrogens with one attached hydrogen (secondary N) is 2. The van der Waals surface area contributed by atoms with Crippen molar-refractivity contribution in [3.63, 3.8) is 0 Å². The van der Waals surface area contributed by atoms with E-state index in [1.807, 2.05) is 7.05 Å². The van der Waals surface area contributed by atoms with E-state index in [1.165, 1.54) is 42.7 Å². The number of benzene rings is 2. The topological polar surface area (TPSA) is 117 Å². The summed E-state index contributed by atoms with van der Waals surface area (Å²) in [5, 5.41) is 5.84. The second-order valence-electron chi connectivity index (χ2n) is 8.35. The van der Waals surface area contributed by atoms with Gasteiger partial charge in [0.2, 0.25) is 11.5 Å². The van der Waals surface area contributed by atoms with Gasteiger partial charge in [0, 0.05) is 24.2 Å². The molecule has 0 spiro atoms. The average molecular weight is 534 g/mol. The maximum atomic E-state index is 12.6. The molecule has 2 amide bonds. The zero-order chi connectivity index (χ0) is 28.1. The Balaban J connectivity index is 1.74. The van der Waals surface area contributed by atoms with Crippen LogP contribution in [0.4, 0.5) is 0 Å². The number of ether oxygens (including phenoxy) is 6. The molecule has 210 valence electrons. The number of carbonyl (C=O) groups is 2. The van der Waals surface area contributed by atoms with Crippen LogP contribution in [0.3, 0.4) is 0 Å². The van der Waals surface area contributed by atoms with Crippen LogP contribution in [-0.4, -0.2) is 92.6 Å². The van der Waals surface area contributed by atoms with Gasteiger partial charge in [-0.05, 0) is 57.2 Å². The summed E-state index contributed by atoms with van der Waals surface area (Å²) in [5.74, 6) is 2.13. The fraction of sp³-hybridized carbons (Fsp3) is 0.481. The Labute approximate surface area is 224 Å². The Kier molecular flexibility index (Phi) is 12.3. The molecule has 2 rings (SSSR count). The van der Waals surface area contributed by atoms with Crippen molar-refractivity contribution in [3.05, 3.63) is 35.4 Å². The molecule has 0 radical (unpaired) electrons. The van der Waals surface area contributed by atoms with E-state index >= 15 is 0 Å². The monoisotopic (exact) mass is 533 g/mol. The SMILES string of the molecule is COc1cc(C(=O)NCCCN(C)CCCNC(=O)c2cc(OC)c(OC)c(OC)c2)cc(OC)c1OC. The summed E-state index contributed by atoms with van der Waals surface area (Å²) in [5.41, 5.74) is 0.853. The minimum absolute atomic E-state index is 0.221. The van der Waals surface area contributed by atoms with Gasteiger partial charge < -0.3 is 44.0 Å². The predicted molar refractivity (Wildman–Crippen MR) is 144 cm³/mol. The first-order valence-corrected chi connectivity index (χ1v) is 12.2. The average Bonchev–Trinajstić information content (AvgIpc) is 2.95. The largest absolute Gasteiger partial charge is 0.493 e. The van der Waals surface area contributed by atoms with E-state index in [9.17, 15) is 9.59 Å². The first kappa shape index (κ1) is 30.4. The van der Waals surface area contributed by atoms with Crippen LogP contribution in [0.25, 0.3) is 0 Å². The molecule has 2 N–H and O–H groups in total. The summed E-state index contributed by atoms with van der Waals surface area (Å²) < 4.78 is 31.8. The van der Waals surface area contributed by atoms with Gasteiger partial charge in [-0.3, -0.25) is 9.59 Å². The van der Waals surface area contributed by atoms with Crippen LogP contribution in [0.2, 0.25) is 0 Å². The molecule has 0 saturated heterocycles. The molecule has 38 heavy (non-hydrogen) atoms. The molecule has 0 aliphatic carbocycles. The van der Waals surface area contributed by atoms with Crippen LogP contribution < -0.4 is 39.1 Å². The summed E-state index contributed by atoms with van der Waals surface area (Å²) in [4.78, 5) is 27.3. The molecule has 2 aromatic carbocycles. The van der Waals surface area contributed by atoms with Crippen molar-refractivity contribution >= 4 is 11.8 Å². The molecule has 11 heteroatoms. The van der Waals surface area contributed by atoms with Gasteiger partial charge in [0.15, 0.2) is 23.0 Å². The number of carbonyl (C=O) groups excluding carboxylic acids is 2. The van der Waals surface area contributed by atoms with Crippen molar-refractivity contribution in [3.8, 4) is 34.5 Å². The number of rotatable bonds is 16. The number of hydrogen-bond donors (Lipinski definition) is 2. The maximum absolute atomic E-state index is 12.6. The zero-order valence-electron chi connectivity index (χ0n) is 23.3. The van der Waals surface area contributed by atoms with E-state index < -0.39 is 0 Å². The molecular weight excluding hydrogens is 494 g/mol. The minimum Gasteiger partial charge on any atom is -0.493 e. The summed E-state index contributed by atoms with van der Waals surface area (Å²) in [6, 6.07) is 6.48. The molecular formula is C27H39N3O8. The molecule has 11 nitrogen and oxygen atoms in total. The standard InChI is InChI=1S/C27H39N3O8/c1-30(12-8-10-28-26(31)18-14-20(33-2)24(37-6)21(15-18)34-3)13-9-11-29-27(32)19-16-22(35-4)25(38-7)23(17-19)36-5/h14-17H,8-13H2,1-7H3,(H,28,31)(H,29,32). The van der Waals surface area contributed by atoms with Gasteiger partial charge in [-0.25, -0.2) is 0 Å². The van der Waals surface area contributed by atoms with Crippen LogP contribution in [0.1, 0.15) is 33.6 Å². The van der Waals surface area contributed by atoms with Crippen LogP contribution in [0.15, 0.2) is 24.3 Å². The van der Waals surface area contributed by atoms with Gasteiger partial charge in [0.05, 0.1) is 42.7 Å². The maximum Gasteiger partial charge on any atom is 0.251 e. The normalized spacial score (nSPS) is 10.5. The van der Waals surface area contributed by atoms with Crippen molar-refractivity contribution in [1.82, 2.24) is 15.5 Å². The third kappa shape index (κ3) is 8.07. The van der Waals surface area contributed by atoms with E-state index in [1.54, 1.807) is 24.3 Å². The van der Waals surface area contributed by atoms with Crippen molar-refractivity contribution in [1.29, 1.82) is 0 Å². The highest BCUT2D eigenvalue weighted by molar-refractivity contribution is 5.96. The Hall–Kier alpha value is -3.86. The van der Waals surface area contributed by atoms with Crippen LogP contribution in [-0.2, 0) is 0 Å². The lowest BCUT2D eigenvalue weighted by Gasteiger charge is -2.17. The Morgan fingerprint density at radius 2 is 0.921 bits per heavy atom. The summed E-state index contributed by atoms with van der Waals surface area (Å²) in [6.07, 6.45) is 1.54. The Morgan fingerprint density at radius 3 is 1.18 bits per heavy atom. The Bertz CT molecular complexity index is 943. The van der Waals surface area contributed by atoms with Gasteiger partial charge in [-0.15, -0.1) is 0 Å². The van der Waals surface area contributed by atoms with E-state index in [0.29, 0.717) is 58.7 Å². The first-order chi connectivity index (χ1) is 18.3. The molecule has 2 aromatic rings. The van der Waals surface area contributed by atoms with Crippen molar-refractivity contribution < 1.29 is 38.0 Å². The van der Waals surface area contributed by atoms with Gasteiger partial charge in [0.1, 0.15) is 0 Å². The summed E-state index contributed by atoms with van der Waals surface area (Å²) in [6.45, 7) is 2.60. The third-order valence-electron chi connectivity index (χ3n) is 5.86. The van der Waals surface area contributed by atoms with Gasteiger partial charge in [-0.2, -0.15) is 0 Å². The molecule has 0 saturated carbocycles. The fourth-order valence-electron chi connectivity index (χ4n) is 3.84. The summed E-state index contributed by atoms with van der Waals surface area (Å²) >= 11 is 0. The molecule has 0 bridgehead atoms. The van der Waals surface area contributed by atoms with Gasteiger partial charge >= 0.3 is 0 Å². The first-order valence-electron chi connectivity index (χ1n) is 12.2. The van der Waals surface area contributed by atoms with Crippen LogP contribution in [0, 0.1) is 0 Å². The molecule has 0 heterocycles. The zero-order valence-corrected chi connectivity index (χ0v) is 23.3. The van der Waals surface area contributed by atoms with Gasteiger partial charge in [-0.1, -0.05) is 0 Å². The summed E-state index contributed by atoms with van der Waals surface area (Å²) in [7, 11) is 11.1. The lowest BCUT2D eigenvalue weighted by molar-refractivity contribution is 0.0945. The highest BCUT2D eigenvalue weighted by Crippen LogP contribution is 2.39. The fourth-order valence-corrected chi connectivity index (χ4v) is 3.84. The van der Waals surface area contributed by atoms with E-state index in [0.717, 1.165) is 25.9 Å². The quantitative estimate of drug-likeness (QED) is 0.314. The van der Waals surface area contributed by atoms with Crippen molar-refractivity contribution in [2.24, 2.45) is 0 Å². The smallest absolute Gasteiger partial charge is 0.251 e. The van der Waals surface area contributed by atoms with Crippen molar-refractivity contribution in [2.45, 2.75) is 12.8 Å². The van der Waals surface area contributed by atoms with E-state index in [4.69, 9.17) is 28.4 Å². The molecule has 0 aliphatic heterocycles. The van der Waals surface area contributed by atoms with E-state index in [2.05, 4.69) is 15.5 Å². The highest BCUT2D eigenvalue weighted by Gasteiger charge is 2.18. The second-order valence-corrected chi connectivity index (χ2v) is 8.35. The third-order valence-corrected chi connectivity index (χ3v) is 5.86. The second kappa shape index (κ2) is 15.4. The van der Waals surface area contributed by atoms with Crippen molar-refractivity contribution in [2.75, 3.05) is 75.9 Å². The Morgan fingerprint density at radius 1 is 0.605 bits per heavy atom. The molecule has 0 aliphatic rings. The highest BCUT2D eigenvalue weighted by atomic mass is 16.5. The number of amides is 2. The van der Waals surface area contributed by atoms with Crippen LogP contribution >= 0.6 is 0 Å². The minimum atomic E-state index is -0.221. The van der Waals surface area contributed by atoms with E-state index in [-0.39, 0.29) is 11.8 Å². The number of hydrogen-bond acceptors (Lipinski definition) is 9. The molecule has 0 aromatic heterocycles. The number of nitrogens with zero attached hydrogens (tertiary/aromatic N) is 1. The lowest BCUT2D eigenvalue weighted by Crippen LogP contribution is -2.30. The molecule has 0 atom stereocenters. The predicted octanol–water partition coefficient (Wildman–Crippen LogP) is 2.61. The molecule has 0 unspecified atom stereocenters. The van der Waals surface area contributed by atoms with Gasteiger partial charge in [0.25, 0.3) is 11.8 Å². The lowest BCUT2D eigenvalue weighted by atomic mass is 10.1. The van der Waals surface area contributed by atoms with Crippen LogP contribution in [0.5, 0.6) is 34.5 Å².